The highest BCUT2D eigenvalue weighted by Gasteiger charge is 2.24. The van der Waals surface area contributed by atoms with E-state index < -0.39 is 0 Å². The number of halogens is 2. The highest BCUT2D eigenvalue weighted by molar-refractivity contribution is 5.94. The van der Waals surface area contributed by atoms with Crippen molar-refractivity contribution in [3.63, 3.8) is 0 Å². The molecule has 4 aromatic rings. The predicted molar refractivity (Wildman–Crippen MR) is 131 cm³/mol. The molecule has 32 heavy (non-hydrogen) atoms. The van der Waals surface area contributed by atoms with Gasteiger partial charge in [0.15, 0.2) is 5.82 Å². The third-order valence-corrected chi connectivity index (χ3v) is 6.52. The van der Waals surface area contributed by atoms with E-state index in [9.17, 15) is 4.39 Å². The van der Waals surface area contributed by atoms with E-state index in [2.05, 4.69) is 53.6 Å². The first-order valence-electron chi connectivity index (χ1n) is 10.8. The van der Waals surface area contributed by atoms with Crippen molar-refractivity contribution in [1.29, 1.82) is 0 Å². The first-order valence-corrected chi connectivity index (χ1v) is 10.8. The Kier molecular flexibility index (Phi) is 6.22. The van der Waals surface area contributed by atoms with Gasteiger partial charge in [-0.2, -0.15) is 0 Å². The van der Waals surface area contributed by atoms with E-state index in [1.807, 2.05) is 6.07 Å². The molecule has 3 heterocycles. The van der Waals surface area contributed by atoms with Gasteiger partial charge in [-0.05, 0) is 60.7 Å². The number of aromatic nitrogens is 2. The molecule has 0 bridgehead atoms. The van der Waals surface area contributed by atoms with Crippen LogP contribution in [0.3, 0.4) is 0 Å². The Balaban J connectivity index is 0.00000245. The van der Waals surface area contributed by atoms with E-state index in [1.54, 1.807) is 12.1 Å². The number of nitrogens with two attached hydrogens (primary N) is 1. The Morgan fingerprint density at radius 2 is 1.81 bits per heavy atom. The van der Waals surface area contributed by atoms with Crippen molar-refractivity contribution in [3.05, 3.63) is 94.1 Å². The SMILES string of the molecule is Cc1c(C)n(Cc2cccc(F)c2)c2c(N3CCc4ccccc4C3)nc(CN)cc12.Cl. The molecule has 0 saturated heterocycles. The molecule has 6 heteroatoms. The number of hydrogen-bond acceptors (Lipinski definition) is 3. The number of fused-ring (bicyclic) bond motifs is 2. The zero-order valence-electron chi connectivity index (χ0n) is 18.4. The second kappa shape index (κ2) is 8.93. The fourth-order valence-electron chi connectivity index (χ4n) is 4.71. The van der Waals surface area contributed by atoms with E-state index in [0.717, 1.165) is 42.1 Å². The summed E-state index contributed by atoms with van der Waals surface area (Å²) in [6, 6.07) is 17.6. The van der Waals surface area contributed by atoms with Crippen LogP contribution in [0.1, 0.15) is 33.6 Å². The summed E-state index contributed by atoms with van der Waals surface area (Å²) < 4.78 is 16.1. The largest absolute Gasteiger partial charge is 0.350 e. The number of benzene rings is 2. The summed E-state index contributed by atoms with van der Waals surface area (Å²) in [6.45, 7) is 7.03. The van der Waals surface area contributed by atoms with Crippen LogP contribution in [0.2, 0.25) is 0 Å². The van der Waals surface area contributed by atoms with E-state index in [0.29, 0.717) is 13.1 Å². The van der Waals surface area contributed by atoms with Crippen LogP contribution in [-0.2, 0) is 26.1 Å². The van der Waals surface area contributed by atoms with E-state index in [1.165, 1.54) is 33.8 Å². The summed E-state index contributed by atoms with van der Waals surface area (Å²) in [5.74, 6) is 0.764. The molecular weight excluding hydrogens is 423 g/mol. The Bertz CT molecular complexity index is 1280. The minimum absolute atomic E-state index is 0. The average Bonchev–Trinajstić information content (AvgIpc) is 3.03. The van der Waals surface area contributed by atoms with Gasteiger partial charge in [0.25, 0.3) is 0 Å². The highest BCUT2D eigenvalue weighted by atomic mass is 35.5. The lowest BCUT2D eigenvalue weighted by Crippen LogP contribution is -2.31. The first-order chi connectivity index (χ1) is 15.0. The lowest BCUT2D eigenvalue weighted by Gasteiger charge is -2.31. The van der Waals surface area contributed by atoms with Crippen LogP contribution in [0.25, 0.3) is 10.9 Å². The van der Waals surface area contributed by atoms with Gasteiger partial charge < -0.3 is 15.2 Å². The van der Waals surface area contributed by atoms with Gasteiger partial charge in [-0.15, -0.1) is 12.4 Å². The summed E-state index contributed by atoms with van der Waals surface area (Å²) in [5.41, 5.74) is 14.1. The van der Waals surface area contributed by atoms with Crippen molar-refractivity contribution < 1.29 is 4.39 Å². The fraction of sp³-hybridized carbons (Fsp3) is 0.269. The maximum absolute atomic E-state index is 13.9. The zero-order valence-corrected chi connectivity index (χ0v) is 19.3. The molecule has 0 spiro atoms. The lowest BCUT2D eigenvalue weighted by molar-refractivity contribution is 0.623. The highest BCUT2D eigenvalue weighted by Crippen LogP contribution is 2.35. The maximum Gasteiger partial charge on any atom is 0.153 e. The number of hydrogen-bond donors (Lipinski definition) is 1. The molecule has 0 amide bonds. The second-order valence-electron chi connectivity index (χ2n) is 8.40. The Hall–Kier alpha value is -2.89. The van der Waals surface area contributed by atoms with Crippen LogP contribution in [0, 0.1) is 19.7 Å². The van der Waals surface area contributed by atoms with Crippen molar-refractivity contribution in [2.24, 2.45) is 5.73 Å². The summed E-state index contributed by atoms with van der Waals surface area (Å²) in [7, 11) is 0. The molecule has 1 aliphatic rings. The van der Waals surface area contributed by atoms with Crippen molar-refractivity contribution in [3.8, 4) is 0 Å². The number of nitrogens with zero attached hydrogens (tertiary/aromatic N) is 3. The molecule has 2 aromatic heterocycles. The van der Waals surface area contributed by atoms with Crippen LogP contribution >= 0.6 is 12.4 Å². The molecule has 0 fully saturated rings. The molecule has 2 aromatic carbocycles. The molecule has 4 nitrogen and oxygen atoms in total. The van der Waals surface area contributed by atoms with Crippen molar-refractivity contribution >= 4 is 29.1 Å². The van der Waals surface area contributed by atoms with Gasteiger partial charge in [-0.3, -0.25) is 0 Å². The number of rotatable bonds is 4. The van der Waals surface area contributed by atoms with Gasteiger partial charge in [-0.25, -0.2) is 9.37 Å². The van der Waals surface area contributed by atoms with Crippen LogP contribution in [0.15, 0.2) is 54.6 Å². The topological polar surface area (TPSA) is 47.1 Å². The number of aryl methyl sites for hydroxylation is 1. The molecule has 0 aliphatic carbocycles. The van der Waals surface area contributed by atoms with Gasteiger partial charge in [0, 0.05) is 37.3 Å². The predicted octanol–water partition coefficient (Wildman–Crippen LogP) is 5.28. The zero-order chi connectivity index (χ0) is 21.5. The van der Waals surface area contributed by atoms with Gasteiger partial charge in [0.05, 0.1) is 11.2 Å². The van der Waals surface area contributed by atoms with Crippen LogP contribution in [-0.4, -0.2) is 16.1 Å². The summed E-state index contributed by atoms with van der Waals surface area (Å²) in [4.78, 5) is 7.36. The van der Waals surface area contributed by atoms with E-state index >= 15 is 0 Å². The lowest BCUT2D eigenvalue weighted by atomic mass is 10.00. The Labute approximate surface area is 194 Å². The molecule has 2 N–H and O–H groups in total. The number of anilines is 1. The quantitative estimate of drug-likeness (QED) is 0.460. The standard InChI is InChI=1S/C26H27FN4.ClH/c1-17-18(2)31(15-19-6-5-9-22(27)12-19)25-24(17)13-23(14-28)29-26(25)30-11-10-20-7-3-4-8-21(20)16-30;/h3-9,12-13H,10-11,14-16,28H2,1-2H3;1H. The van der Waals surface area contributed by atoms with E-state index in [-0.39, 0.29) is 18.2 Å². The number of pyridine rings is 1. The van der Waals surface area contributed by atoms with Gasteiger partial charge in [0.2, 0.25) is 0 Å². The summed E-state index contributed by atoms with van der Waals surface area (Å²) in [6.07, 6.45) is 0.995. The smallest absolute Gasteiger partial charge is 0.153 e. The maximum atomic E-state index is 13.9. The Morgan fingerprint density at radius 1 is 1.03 bits per heavy atom. The van der Waals surface area contributed by atoms with Gasteiger partial charge in [0.1, 0.15) is 5.82 Å². The summed E-state index contributed by atoms with van der Waals surface area (Å²) in [5, 5.41) is 1.18. The van der Waals surface area contributed by atoms with Crippen molar-refractivity contribution in [1.82, 2.24) is 9.55 Å². The molecule has 1 aliphatic heterocycles. The average molecular weight is 451 g/mol. The minimum atomic E-state index is -0.209. The van der Waals surface area contributed by atoms with Crippen LogP contribution in [0.5, 0.6) is 0 Å². The van der Waals surface area contributed by atoms with Crippen molar-refractivity contribution in [2.45, 2.75) is 39.9 Å². The van der Waals surface area contributed by atoms with Gasteiger partial charge >= 0.3 is 0 Å². The molecule has 0 radical (unpaired) electrons. The van der Waals surface area contributed by atoms with E-state index in [4.69, 9.17) is 10.7 Å². The minimum Gasteiger partial charge on any atom is -0.350 e. The molecule has 166 valence electrons. The van der Waals surface area contributed by atoms with Crippen LogP contribution < -0.4 is 10.6 Å². The normalized spacial score (nSPS) is 13.2. The molecule has 5 rings (SSSR count). The molecule has 0 atom stereocenters. The molecular formula is C26H28ClFN4. The molecule has 0 unspecified atom stereocenters. The first kappa shape index (κ1) is 22.3. The monoisotopic (exact) mass is 450 g/mol. The van der Waals surface area contributed by atoms with Crippen LogP contribution in [0.4, 0.5) is 10.2 Å². The van der Waals surface area contributed by atoms with Gasteiger partial charge in [-0.1, -0.05) is 36.4 Å². The Morgan fingerprint density at radius 3 is 2.56 bits per heavy atom. The summed E-state index contributed by atoms with van der Waals surface area (Å²) >= 11 is 0. The fourth-order valence-corrected chi connectivity index (χ4v) is 4.71. The second-order valence-corrected chi connectivity index (χ2v) is 8.40. The third kappa shape index (κ3) is 3.87. The molecule has 0 saturated carbocycles. The van der Waals surface area contributed by atoms with Crippen molar-refractivity contribution in [2.75, 3.05) is 11.4 Å². The third-order valence-electron chi connectivity index (χ3n) is 6.52.